The summed E-state index contributed by atoms with van der Waals surface area (Å²) in [5.74, 6) is -1.72. The van der Waals surface area contributed by atoms with Gasteiger partial charge in [0.1, 0.15) is 0 Å². The third-order valence-corrected chi connectivity index (χ3v) is 4.79. The molecule has 0 aliphatic heterocycles. The van der Waals surface area contributed by atoms with Gasteiger partial charge in [-0.25, -0.2) is 9.59 Å². The van der Waals surface area contributed by atoms with Gasteiger partial charge in [-0.05, 0) is 61.4 Å². The van der Waals surface area contributed by atoms with Crippen LogP contribution < -0.4 is 18.9 Å². The molecule has 0 fully saturated rings. The summed E-state index contributed by atoms with van der Waals surface area (Å²) in [6.45, 7) is 5.92. The lowest BCUT2D eigenvalue weighted by Crippen LogP contribution is -2.17. The Morgan fingerprint density at radius 1 is 0.632 bits per heavy atom. The topological polar surface area (TPSA) is 124 Å². The second kappa shape index (κ2) is 14.2. The van der Waals surface area contributed by atoms with E-state index < -0.39 is 23.9 Å². The molecular weight excluding hydrogens is 496 g/mol. The minimum absolute atomic E-state index is 0.0614. The molecule has 0 aromatic heterocycles. The minimum Gasteiger partial charge on any atom is -0.493 e. The summed E-state index contributed by atoms with van der Waals surface area (Å²) in [4.78, 5) is 48.8. The van der Waals surface area contributed by atoms with Crippen molar-refractivity contribution in [3.8, 4) is 23.0 Å². The number of carbonyl (C=O) groups excluding carboxylic acids is 4. The van der Waals surface area contributed by atoms with Crippen LogP contribution in [0.2, 0.25) is 0 Å². The maximum Gasteiger partial charge on any atom is 0.339 e. The van der Waals surface area contributed by atoms with E-state index in [1.807, 2.05) is 0 Å². The summed E-state index contributed by atoms with van der Waals surface area (Å²) in [6, 6.07) is 9.25. The predicted molar refractivity (Wildman–Crippen MR) is 138 cm³/mol. The fourth-order valence-electron chi connectivity index (χ4n) is 3.27. The first kappa shape index (κ1) is 29.6. The molecule has 10 nitrogen and oxygen atoms in total. The molecule has 0 bridgehead atoms. The second-order valence-electron chi connectivity index (χ2n) is 7.56. The van der Waals surface area contributed by atoms with Crippen molar-refractivity contribution in [3.63, 3.8) is 0 Å². The molecule has 0 radical (unpaired) electrons. The van der Waals surface area contributed by atoms with Crippen LogP contribution in [0.3, 0.4) is 0 Å². The molecule has 2 rings (SSSR count). The number of hydrogen-bond donors (Lipinski definition) is 0. The van der Waals surface area contributed by atoms with E-state index in [0.717, 1.165) is 0 Å². The molecule has 0 aliphatic carbocycles. The van der Waals surface area contributed by atoms with Crippen molar-refractivity contribution in [2.45, 2.75) is 27.7 Å². The molecule has 0 saturated heterocycles. The SMILES string of the molecule is CCOC(=O)C(=C\c1ccc(OC(C)=O)c(OC)c1)/C(=C/c1ccc(OC(C)=O)c(OC)c1)C(=O)OCC. The normalized spacial score (nSPS) is 11.3. The van der Waals surface area contributed by atoms with Crippen LogP contribution in [0.15, 0.2) is 47.5 Å². The van der Waals surface area contributed by atoms with Crippen LogP contribution >= 0.6 is 0 Å². The van der Waals surface area contributed by atoms with Crippen LogP contribution in [0.5, 0.6) is 23.0 Å². The Morgan fingerprint density at radius 3 is 1.29 bits per heavy atom. The number of rotatable bonds is 11. The summed E-state index contributed by atoms with van der Waals surface area (Å²) in [7, 11) is 2.80. The highest BCUT2D eigenvalue weighted by Gasteiger charge is 2.24. The third kappa shape index (κ3) is 8.22. The van der Waals surface area contributed by atoms with Gasteiger partial charge in [-0.3, -0.25) is 9.59 Å². The highest BCUT2D eigenvalue weighted by molar-refractivity contribution is 6.12. The number of ether oxygens (including phenoxy) is 6. The second-order valence-corrected chi connectivity index (χ2v) is 7.56. The Hall–Kier alpha value is -4.60. The average Bonchev–Trinajstić information content (AvgIpc) is 2.87. The molecule has 0 heterocycles. The average molecular weight is 527 g/mol. The van der Waals surface area contributed by atoms with E-state index in [2.05, 4.69) is 0 Å². The van der Waals surface area contributed by atoms with Crippen molar-refractivity contribution in [1.82, 2.24) is 0 Å². The lowest BCUT2D eigenvalue weighted by Gasteiger charge is -2.13. The van der Waals surface area contributed by atoms with E-state index in [4.69, 9.17) is 28.4 Å². The monoisotopic (exact) mass is 526 g/mol. The summed E-state index contributed by atoms with van der Waals surface area (Å²) in [6.07, 6.45) is 2.87. The number of carbonyl (C=O) groups is 4. The lowest BCUT2D eigenvalue weighted by molar-refractivity contribution is -0.141. The van der Waals surface area contributed by atoms with E-state index in [1.54, 1.807) is 26.0 Å². The van der Waals surface area contributed by atoms with Crippen LogP contribution in [-0.2, 0) is 28.7 Å². The van der Waals surface area contributed by atoms with Gasteiger partial charge in [0.25, 0.3) is 0 Å². The minimum atomic E-state index is -0.765. The van der Waals surface area contributed by atoms with Gasteiger partial charge in [0.2, 0.25) is 0 Å². The van der Waals surface area contributed by atoms with E-state index in [9.17, 15) is 19.2 Å². The fourth-order valence-corrected chi connectivity index (χ4v) is 3.27. The summed E-state index contributed by atoms with van der Waals surface area (Å²) in [5.41, 5.74) is 0.740. The van der Waals surface area contributed by atoms with Gasteiger partial charge in [0, 0.05) is 13.8 Å². The molecular formula is C28H30O10. The van der Waals surface area contributed by atoms with Crippen molar-refractivity contribution in [2.75, 3.05) is 27.4 Å². The summed E-state index contributed by atoms with van der Waals surface area (Å²) < 4.78 is 31.3. The summed E-state index contributed by atoms with van der Waals surface area (Å²) in [5, 5.41) is 0. The first-order valence-electron chi connectivity index (χ1n) is 11.6. The zero-order chi connectivity index (χ0) is 28.2. The first-order valence-corrected chi connectivity index (χ1v) is 11.6. The van der Waals surface area contributed by atoms with Gasteiger partial charge >= 0.3 is 23.9 Å². The molecule has 38 heavy (non-hydrogen) atoms. The maximum atomic E-state index is 13.0. The smallest absolute Gasteiger partial charge is 0.339 e. The zero-order valence-electron chi connectivity index (χ0n) is 22.1. The molecule has 2 aromatic rings. The molecule has 0 unspecified atom stereocenters. The number of benzene rings is 2. The Balaban J connectivity index is 2.71. The maximum absolute atomic E-state index is 13.0. The lowest BCUT2D eigenvalue weighted by atomic mass is 9.99. The van der Waals surface area contributed by atoms with Gasteiger partial charge in [-0.15, -0.1) is 0 Å². The molecule has 0 saturated carbocycles. The van der Waals surface area contributed by atoms with E-state index in [0.29, 0.717) is 11.1 Å². The molecule has 202 valence electrons. The van der Waals surface area contributed by atoms with Crippen LogP contribution in [0.4, 0.5) is 0 Å². The van der Waals surface area contributed by atoms with Gasteiger partial charge in [0.05, 0.1) is 38.6 Å². The fraction of sp³-hybridized carbons (Fsp3) is 0.286. The van der Waals surface area contributed by atoms with Crippen molar-refractivity contribution in [1.29, 1.82) is 0 Å². The highest BCUT2D eigenvalue weighted by Crippen LogP contribution is 2.32. The largest absolute Gasteiger partial charge is 0.493 e. The highest BCUT2D eigenvalue weighted by atomic mass is 16.6. The number of esters is 4. The molecule has 10 heteroatoms. The van der Waals surface area contributed by atoms with Gasteiger partial charge in [0.15, 0.2) is 23.0 Å². The summed E-state index contributed by atoms with van der Waals surface area (Å²) >= 11 is 0. The molecule has 0 aliphatic rings. The van der Waals surface area contributed by atoms with Crippen molar-refractivity contribution >= 4 is 36.0 Å². The molecule has 0 N–H and O–H groups in total. The van der Waals surface area contributed by atoms with Crippen molar-refractivity contribution < 1.29 is 47.6 Å². The Labute approximate surface area is 220 Å². The Bertz CT molecular complexity index is 1160. The Kier molecular flexibility index (Phi) is 11.1. The molecule has 0 atom stereocenters. The van der Waals surface area contributed by atoms with Gasteiger partial charge < -0.3 is 28.4 Å². The van der Waals surface area contributed by atoms with Crippen molar-refractivity contribution in [3.05, 3.63) is 58.7 Å². The van der Waals surface area contributed by atoms with Crippen LogP contribution in [0.25, 0.3) is 12.2 Å². The van der Waals surface area contributed by atoms with Crippen LogP contribution in [0, 0.1) is 0 Å². The Morgan fingerprint density at radius 2 is 1.00 bits per heavy atom. The van der Waals surface area contributed by atoms with Gasteiger partial charge in [-0.1, -0.05) is 12.1 Å². The molecule has 0 spiro atoms. The standard InChI is InChI=1S/C28H30O10/c1-7-35-27(31)21(13-19-9-11-23(37-17(3)29)25(15-19)33-5)22(28(32)36-8-2)14-20-10-12-24(38-18(4)30)26(16-20)34-6/h9-16H,7-8H2,1-6H3/b21-13-,22-14-. The zero-order valence-corrected chi connectivity index (χ0v) is 22.1. The van der Waals surface area contributed by atoms with E-state index >= 15 is 0 Å². The van der Waals surface area contributed by atoms with Crippen LogP contribution in [0.1, 0.15) is 38.8 Å². The quantitative estimate of drug-likeness (QED) is 0.183. The van der Waals surface area contributed by atoms with E-state index in [1.165, 1.54) is 64.5 Å². The first-order chi connectivity index (χ1) is 18.1. The van der Waals surface area contributed by atoms with Crippen LogP contribution in [-0.4, -0.2) is 51.3 Å². The third-order valence-electron chi connectivity index (χ3n) is 4.79. The van der Waals surface area contributed by atoms with Crippen molar-refractivity contribution in [2.24, 2.45) is 0 Å². The molecule has 2 aromatic carbocycles. The predicted octanol–water partition coefficient (Wildman–Crippen LogP) is 4.15. The molecule has 0 amide bonds. The number of methoxy groups -OCH3 is 2. The van der Waals surface area contributed by atoms with E-state index in [-0.39, 0.29) is 47.4 Å². The van der Waals surface area contributed by atoms with Gasteiger partial charge in [-0.2, -0.15) is 0 Å². The number of hydrogen-bond acceptors (Lipinski definition) is 10.